The van der Waals surface area contributed by atoms with Crippen LogP contribution in [0.4, 0.5) is 5.69 Å². The molecular weight excluding hydrogens is 236 g/mol. The number of non-ortho nitro benzene ring substituents is 1. The monoisotopic (exact) mass is 250 g/mol. The predicted octanol–water partition coefficient (Wildman–Crippen LogP) is 1.25. The van der Waals surface area contributed by atoms with E-state index < -0.39 is 4.92 Å². The second kappa shape index (κ2) is 5.59. The molecule has 0 spiro atoms. The van der Waals surface area contributed by atoms with Gasteiger partial charge in [-0.1, -0.05) is 0 Å². The molecule has 6 heteroatoms. The van der Waals surface area contributed by atoms with Crippen molar-refractivity contribution >= 4 is 11.7 Å². The average molecular weight is 250 g/mol. The van der Waals surface area contributed by atoms with Crippen LogP contribution in [0.15, 0.2) is 24.3 Å². The van der Waals surface area contributed by atoms with Crippen LogP contribution >= 0.6 is 0 Å². The van der Waals surface area contributed by atoms with E-state index in [4.69, 9.17) is 4.74 Å². The lowest BCUT2D eigenvalue weighted by atomic mass is 10.1. The van der Waals surface area contributed by atoms with Crippen molar-refractivity contribution in [1.29, 1.82) is 0 Å². The molecule has 0 aliphatic carbocycles. The molecule has 0 saturated carbocycles. The molecule has 0 aromatic heterocycles. The topological polar surface area (TPSA) is 81.5 Å². The number of benzene rings is 1. The van der Waals surface area contributed by atoms with Crippen molar-refractivity contribution in [1.82, 2.24) is 5.32 Å². The van der Waals surface area contributed by atoms with Crippen molar-refractivity contribution < 1.29 is 14.5 Å². The summed E-state index contributed by atoms with van der Waals surface area (Å²) in [5.74, 6) is -0.276. The fourth-order valence-electron chi connectivity index (χ4n) is 1.84. The third-order valence-electron chi connectivity index (χ3n) is 2.92. The summed E-state index contributed by atoms with van der Waals surface area (Å²) >= 11 is 0. The Bertz CT molecular complexity index is 438. The Kier molecular flexibility index (Phi) is 3.88. The Labute approximate surface area is 104 Å². The molecule has 1 aromatic carbocycles. The molecule has 6 nitrogen and oxygen atoms in total. The van der Waals surface area contributed by atoms with E-state index in [9.17, 15) is 14.9 Å². The van der Waals surface area contributed by atoms with E-state index >= 15 is 0 Å². The van der Waals surface area contributed by atoms with E-state index in [-0.39, 0.29) is 24.2 Å². The summed E-state index contributed by atoms with van der Waals surface area (Å²) in [4.78, 5) is 21.6. The second-order valence-corrected chi connectivity index (χ2v) is 4.22. The minimum atomic E-state index is -0.458. The highest BCUT2D eigenvalue weighted by molar-refractivity contribution is 5.73. The lowest BCUT2D eigenvalue weighted by Gasteiger charge is -2.08. The average Bonchev–Trinajstić information content (AvgIpc) is 2.90. The van der Waals surface area contributed by atoms with E-state index in [0.29, 0.717) is 6.54 Å². The van der Waals surface area contributed by atoms with Crippen LogP contribution in [0, 0.1) is 16.0 Å². The Morgan fingerprint density at radius 1 is 1.44 bits per heavy atom. The summed E-state index contributed by atoms with van der Waals surface area (Å²) in [5, 5.41) is 13.6. The second-order valence-electron chi connectivity index (χ2n) is 4.22. The fourth-order valence-corrected chi connectivity index (χ4v) is 1.84. The minimum absolute atomic E-state index is 0.0325. The van der Waals surface area contributed by atoms with Gasteiger partial charge in [-0.2, -0.15) is 0 Å². The first kappa shape index (κ1) is 12.5. The minimum Gasteiger partial charge on any atom is -0.461 e. The van der Waals surface area contributed by atoms with Gasteiger partial charge in [-0.3, -0.25) is 14.9 Å². The first-order valence-electron chi connectivity index (χ1n) is 5.77. The van der Waals surface area contributed by atoms with Gasteiger partial charge >= 0.3 is 5.97 Å². The van der Waals surface area contributed by atoms with Crippen LogP contribution in [0.2, 0.25) is 0 Å². The molecule has 1 saturated heterocycles. The highest BCUT2D eigenvalue weighted by atomic mass is 16.6. The van der Waals surface area contributed by atoms with Crippen LogP contribution in [0.25, 0.3) is 0 Å². The molecule has 1 unspecified atom stereocenters. The van der Waals surface area contributed by atoms with Crippen molar-refractivity contribution in [3.63, 3.8) is 0 Å². The van der Waals surface area contributed by atoms with Gasteiger partial charge in [0.1, 0.15) is 6.61 Å². The molecule has 1 N–H and O–H groups in total. The number of nitro groups is 1. The zero-order valence-corrected chi connectivity index (χ0v) is 9.80. The quantitative estimate of drug-likeness (QED) is 0.494. The molecule has 0 amide bonds. The zero-order valence-electron chi connectivity index (χ0n) is 9.80. The molecule has 18 heavy (non-hydrogen) atoms. The van der Waals surface area contributed by atoms with E-state index in [0.717, 1.165) is 18.5 Å². The summed E-state index contributed by atoms with van der Waals surface area (Å²) in [7, 11) is 0. The molecule has 0 radical (unpaired) electrons. The molecule has 96 valence electrons. The smallest absolute Gasteiger partial charge is 0.310 e. The summed E-state index contributed by atoms with van der Waals surface area (Å²) < 4.78 is 5.16. The van der Waals surface area contributed by atoms with Gasteiger partial charge in [0.05, 0.1) is 10.8 Å². The first-order chi connectivity index (χ1) is 8.66. The van der Waals surface area contributed by atoms with Gasteiger partial charge < -0.3 is 10.1 Å². The van der Waals surface area contributed by atoms with E-state index in [1.807, 2.05) is 0 Å². The van der Waals surface area contributed by atoms with Gasteiger partial charge in [-0.15, -0.1) is 0 Å². The number of carbonyl (C=O) groups is 1. The lowest BCUT2D eigenvalue weighted by Crippen LogP contribution is -2.20. The maximum Gasteiger partial charge on any atom is 0.310 e. The Morgan fingerprint density at radius 2 is 2.17 bits per heavy atom. The van der Waals surface area contributed by atoms with E-state index in [2.05, 4.69) is 5.32 Å². The Hall–Kier alpha value is -1.95. The van der Waals surface area contributed by atoms with Crippen LogP contribution in [0.1, 0.15) is 12.0 Å². The summed E-state index contributed by atoms with van der Waals surface area (Å²) in [6.07, 6.45) is 0.805. The molecule has 2 rings (SSSR count). The number of hydrogen-bond acceptors (Lipinski definition) is 5. The van der Waals surface area contributed by atoms with Gasteiger partial charge in [0.2, 0.25) is 0 Å². The van der Waals surface area contributed by atoms with E-state index in [1.54, 1.807) is 12.1 Å². The Balaban J connectivity index is 1.86. The third-order valence-corrected chi connectivity index (χ3v) is 2.92. The van der Waals surface area contributed by atoms with Crippen LogP contribution in [-0.2, 0) is 16.1 Å². The van der Waals surface area contributed by atoms with Crippen LogP contribution < -0.4 is 5.32 Å². The van der Waals surface area contributed by atoms with Gasteiger partial charge in [-0.25, -0.2) is 0 Å². The van der Waals surface area contributed by atoms with Crippen LogP contribution in [0.5, 0.6) is 0 Å². The predicted molar refractivity (Wildman–Crippen MR) is 63.9 cm³/mol. The molecule has 1 aliphatic rings. The number of ether oxygens (including phenoxy) is 1. The number of carbonyl (C=O) groups excluding carboxylic acids is 1. The number of nitro benzene ring substituents is 1. The normalized spacial score (nSPS) is 18.6. The van der Waals surface area contributed by atoms with Crippen molar-refractivity contribution in [3.05, 3.63) is 39.9 Å². The SMILES string of the molecule is O=C(OCc1ccc([N+](=O)[O-])cc1)C1CCNC1. The van der Waals surface area contributed by atoms with E-state index in [1.165, 1.54) is 12.1 Å². The first-order valence-corrected chi connectivity index (χ1v) is 5.77. The maximum atomic E-state index is 11.6. The molecule has 1 fully saturated rings. The number of nitrogens with zero attached hydrogens (tertiary/aromatic N) is 1. The third kappa shape index (κ3) is 3.04. The number of nitrogens with one attached hydrogen (secondary N) is 1. The van der Waals surface area contributed by atoms with Gasteiger partial charge in [0.25, 0.3) is 5.69 Å². The summed E-state index contributed by atoms with van der Waals surface area (Å²) in [6.45, 7) is 1.67. The van der Waals surface area contributed by atoms with Gasteiger partial charge in [0, 0.05) is 18.7 Å². The molecule has 1 aromatic rings. The zero-order chi connectivity index (χ0) is 13.0. The molecular formula is C12H14N2O4. The standard InChI is InChI=1S/C12H14N2O4/c15-12(10-5-6-13-7-10)18-8-9-1-3-11(4-2-9)14(16)17/h1-4,10,13H,5-8H2. The number of hydrogen-bond donors (Lipinski definition) is 1. The highest BCUT2D eigenvalue weighted by Gasteiger charge is 2.23. The van der Waals surface area contributed by atoms with Crippen molar-refractivity contribution in [2.45, 2.75) is 13.0 Å². The van der Waals surface area contributed by atoms with Crippen molar-refractivity contribution in [2.75, 3.05) is 13.1 Å². The maximum absolute atomic E-state index is 11.6. The highest BCUT2D eigenvalue weighted by Crippen LogP contribution is 2.14. The molecule has 1 aliphatic heterocycles. The number of esters is 1. The largest absolute Gasteiger partial charge is 0.461 e. The molecule has 1 heterocycles. The van der Waals surface area contributed by atoms with Crippen molar-refractivity contribution in [2.24, 2.45) is 5.92 Å². The Morgan fingerprint density at radius 3 is 2.72 bits per heavy atom. The molecule has 1 atom stereocenters. The van der Waals surface area contributed by atoms with Crippen molar-refractivity contribution in [3.8, 4) is 0 Å². The van der Waals surface area contributed by atoms with Crippen LogP contribution in [0.3, 0.4) is 0 Å². The van der Waals surface area contributed by atoms with Crippen LogP contribution in [-0.4, -0.2) is 24.0 Å². The number of rotatable bonds is 4. The lowest BCUT2D eigenvalue weighted by molar-refractivity contribution is -0.384. The van der Waals surface area contributed by atoms with Gasteiger partial charge in [0.15, 0.2) is 0 Å². The molecule has 0 bridgehead atoms. The summed E-state index contributed by atoms with van der Waals surface area (Å²) in [6, 6.07) is 6.00. The summed E-state index contributed by atoms with van der Waals surface area (Å²) in [5.41, 5.74) is 0.782. The van der Waals surface area contributed by atoms with Gasteiger partial charge in [-0.05, 0) is 30.7 Å². The fraction of sp³-hybridized carbons (Fsp3) is 0.417.